The SMILES string of the molecule is N#CC(N)c1ccc(-c2ccc(C(C#N)C#N)cc2)cc1. The molecule has 0 bridgehead atoms. The molecule has 0 aliphatic heterocycles. The quantitative estimate of drug-likeness (QED) is 0.928. The molecule has 21 heavy (non-hydrogen) atoms. The second kappa shape index (κ2) is 6.35. The summed E-state index contributed by atoms with van der Waals surface area (Å²) in [5.74, 6) is -0.741. The maximum absolute atomic E-state index is 8.86. The van der Waals surface area contributed by atoms with Crippen LogP contribution in [0.2, 0.25) is 0 Å². The van der Waals surface area contributed by atoms with Crippen LogP contribution in [0.1, 0.15) is 23.1 Å². The van der Waals surface area contributed by atoms with Gasteiger partial charge in [0.1, 0.15) is 6.04 Å². The fourth-order valence-corrected chi connectivity index (χ4v) is 2.00. The first kappa shape index (κ1) is 14.3. The molecule has 0 heterocycles. The van der Waals surface area contributed by atoms with E-state index in [1.54, 1.807) is 12.1 Å². The van der Waals surface area contributed by atoms with Gasteiger partial charge in [-0.25, -0.2) is 0 Å². The molecule has 2 rings (SSSR count). The van der Waals surface area contributed by atoms with Crippen molar-refractivity contribution >= 4 is 0 Å². The number of nitrogens with zero attached hydrogens (tertiary/aromatic N) is 3. The molecular formula is C17H12N4. The molecule has 2 N–H and O–H groups in total. The fraction of sp³-hybridized carbons (Fsp3) is 0.118. The minimum absolute atomic E-state index is 0.617. The van der Waals surface area contributed by atoms with Gasteiger partial charge in [-0.05, 0) is 22.3 Å². The van der Waals surface area contributed by atoms with E-state index < -0.39 is 12.0 Å². The van der Waals surface area contributed by atoms with E-state index in [1.807, 2.05) is 54.6 Å². The average molecular weight is 272 g/mol. The van der Waals surface area contributed by atoms with Gasteiger partial charge >= 0.3 is 0 Å². The molecule has 4 nitrogen and oxygen atoms in total. The zero-order valence-corrected chi connectivity index (χ0v) is 11.2. The van der Waals surface area contributed by atoms with Gasteiger partial charge in [0.25, 0.3) is 0 Å². The van der Waals surface area contributed by atoms with Crippen LogP contribution in [0.4, 0.5) is 0 Å². The first-order chi connectivity index (χ1) is 10.2. The van der Waals surface area contributed by atoms with Gasteiger partial charge in [-0.2, -0.15) is 15.8 Å². The zero-order chi connectivity index (χ0) is 15.2. The van der Waals surface area contributed by atoms with Gasteiger partial charge in [-0.3, -0.25) is 0 Å². The van der Waals surface area contributed by atoms with Gasteiger partial charge in [0, 0.05) is 0 Å². The lowest BCUT2D eigenvalue weighted by Gasteiger charge is -2.07. The van der Waals surface area contributed by atoms with E-state index in [0.717, 1.165) is 16.7 Å². The molecule has 1 atom stereocenters. The highest BCUT2D eigenvalue weighted by Crippen LogP contribution is 2.24. The van der Waals surface area contributed by atoms with Crippen molar-refractivity contribution in [3.05, 3.63) is 59.7 Å². The molecule has 0 radical (unpaired) electrons. The van der Waals surface area contributed by atoms with Crippen LogP contribution < -0.4 is 5.73 Å². The van der Waals surface area contributed by atoms with Crippen LogP contribution >= 0.6 is 0 Å². The molecule has 0 fully saturated rings. The highest BCUT2D eigenvalue weighted by atomic mass is 14.6. The molecule has 2 aromatic rings. The minimum atomic E-state index is -0.741. The highest BCUT2D eigenvalue weighted by Gasteiger charge is 2.09. The van der Waals surface area contributed by atoms with Crippen molar-refractivity contribution in [2.24, 2.45) is 5.73 Å². The second-order valence-electron chi connectivity index (χ2n) is 4.54. The molecule has 0 spiro atoms. The van der Waals surface area contributed by atoms with Crippen molar-refractivity contribution in [1.82, 2.24) is 0 Å². The monoisotopic (exact) mass is 272 g/mol. The number of rotatable bonds is 3. The Balaban J connectivity index is 2.26. The lowest BCUT2D eigenvalue weighted by molar-refractivity contribution is 0.926. The molecule has 2 aromatic carbocycles. The third-order valence-electron chi connectivity index (χ3n) is 3.24. The van der Waals surface area contributed by atoms with E-state index >= 15 is 0 Å². The summed E-state index contributed by atoms with van der Waals surface area (Å²) in [4.78, 5) is 0. The Morgan fingerprint density at radius 2 is 1.10 bits per heavy atom. The topological polar surface area (TPSA) is 97.4 Å². The highest BCUT2D eigenvalue weighted by molar-refractivity contribution is 5.64. The molecule has 0 aliphatic rings. The van der Waals surface area contributed by atoms with Crippen molar-refractivity contribution in [3.8, 4) is 29.3 Å². The van der Waals surface area contributed by atoms with Gasteiger partial charge in [-0.15, -0.1) is 0 Å². The van der Waals surface area contributed by atoms with Crippen LogP contribution in [-0.2, 0) is 0 Å². The van der Waals surface area contributed by atoms with Gasteiger partial charge in [-0.1, -0.05) is 48.5 Å². The molecule has 4 heteroatoms. The summed E-state index contributed by atoms with van der Waals surface area (Å²) in [5.41, 5.74) is 9.07. The molecule has 1 unspecified atom stereocenters. The Bertz CT molecular complexity index is 726. The third-order valence-corrected chi connectivity index (χ3v) is 3.24. The van der Waals surface area contributed by atoms with Crippen LogP contribution in [0.15, 0.2) is 48.5 Å². The Morgan fingerprint density at radius 3 is 1.48 bits per heavy atom. The van der Waals surface area contributed by atoms with E-state index in [-0.39, 0.29) is 0 Å². The van der Waals surface area contributed by atoms with Crippen LogP contribution in [0, 0.1) is 34.0 Å². The third kappa shape index (κ3) is 3.07. The van der Waals surface area contributed by atoms with Gasteiger partial charge in [0.05, 0.1) is 18.2 Å². The summed E-state index contributed by atoms with van der Waals surface area (Å²) in [6.45, 7) is 0. The van der Waals surface area contributed by atoms with E-state index in [2.05, 4.69) is 0 Å². The largest absolute Gasteiger partial charge is 0.312 e. The van der Waals surface area contributed by atoms with Gasteiger partial charge < -0.3 is 5.73 Å². The Hall–Kier alpha value is -3.13. The van der Waals surface area contributed by atoms with Crippen molar-refractivity contribution in [2.75, 3.05) is 0 Å². The zero-order valence-electron chi connectivity index (χ0n) is 11.2. The molecular weight excluding hydrogens is 260 g/mol. The second-order valence-corrected chi connectivity index (χ2v) is 4.54. The van der Waals surface area contributed by atoms with Crippen molar-refractivity contribution in [1.29, 1.82) is 15.8 Å². The minimum Gasteiger partial charge on any atom is -0.312 e. The predicted molar refractivity (Wildman–Crippen MR) is 78.4 cm³/mol. The summed E-state index contributed by atoms with van der Waals surface area (Å²) in [5, 5.41) is 26.5. The van der Waals surface area contributed by atoms with Crippen LogP contribution in [-0.4, -0.2) is 0 Å². The first-order valence-corrected chi connectivity index (χ1v) is 6.34. The maximum atomic E-state index is 8.86. The molecule has 0 aliphatic carbocycles. The van der Waals surface area contributed by atoms with Gasteiger partial charge in [0.2, 0.25) is 0 Å². The normalized spacial score (nSPS) is 11.2. The van der Waals surface area contributed by atoms with Crippen molar-refractivity contribution < 1.29 is 0 Å². The lowest BCUT2D eigenvalue weighted by Crippen LogP contribution is -2.06. The summed E-state index contributed by atoms with van der Waals surface area (Å²) < 4.78 is 0. The number of nitrogens with two attached hydrogens (primary N) is 1. The Labute approximate surface area is 123 Å². The van der Waals surface area contributed by atoms with E-state index in [9.17, 15) is 0 Å². The molecule has 0 amide bonds. The van der Waals surface area contributed by atoms with E-state index in [0.29, 0.717) is 5.56 Å². The average Bonchev–Trinajstić information content (AvgIpc) is 2.56. The molecule has 0 aromatic heterocycles. The van der Waals surface area contributed by atoms with E-state index in [4.69, 9.17) is 21.5 Å². The van der Waals surface area contributed by atoms with E-state index in [1.165, 1.54) is 0 Å². The Morgan fingerprint density at radius 1 is 0.667 bits per heavy atom. The van der Waals surface area contributed by atoms with Crippen molar-refractivity contribution in [3.63, 3.8) is 0 Å². The summed E-state index contributed by atoms with van der Waals surface area (Å²) in [6, 6.07) is 20.0. The lowest BCUT2D eigenvalue weighted by atomic mass is 9.97. The summed E-state index contributed by atoms with van der Waals surface area (Å²) in [6.07, 6.45) is 0. The van der Waals surface area contributed by atoms with Crippen LogP contribution in [0.3, 0.4) is 0 Å². The predicted octanol–water partition coefficient (Wildman–Crippen LogP) is 3.01. The number of benzene rings is 2. The first-order valence-electron chi connectivity index (χ1n) is 6.34. The van der Waals surface area contributed by atoms with Crippen LogP contribution in [0.25, 0.3) is 11.1 Å². The molecule has 0 saturated heterocycles. The van der Waals surface area contributed by atoms with Crippen LogP contribution in [0.5, 0.6) is 0 Å². The standard InChI is InChI=1S/C17H12N4/c18-9-16(10-19)14-3-1-12(2-4-14)13-5-7-15(8-6-13)17(21)11-20/h1-8,16-17H,21H2. The number of hydrogen-bond acceptors (Lipinski definition) is 4. The smallest absolute Gasteiger partial charge is 0.158 e. The summed E-state index contributed by atoms with van der Waals surface area (Å²) in [7, 11) is 0. The number of hydrogen-bond donors (Lipinski definition) is 1. The Kier molecular flexibility index (Phi) is 4.32. The maximum Gasteiger partial charge on any atom is 0.158 e. The van der Waals surface area contributed by atoms with Gasteiger partial charge in [0.15, 0.2) is 5.92 Å². The number of nitriles is 3. The fourth-order valence-electron chi connectivity index (χ4n) is 2.00. The molecule has 0 saturated carbocycles. The summed E-state index contributed by atoms with van der Waals surface area (Å²) >= 11 is 0. The molecule has 100 valence electrons. The van der Waals surface area contributed by atoms with Crippen molar-refractivity contribution in [2.45, 2.75) is 12.0 Å².